The summed E-state index contributed by atoms with van der Waals surface area (Å²) < 4.78 is 10.6. The van der Waals surface area contributed by atoms with E-state index in [1.54, 1.807) is 26.5 Å². The number of amides is 1. The lowest BCUT2D eigenvalue weighted by Gasteiger charge is -2.22. The third kappa shape index (κ3) is 5.12. The van der Waals surface area contributed by atoms with Crippen LogP contribution in [0, 0.1) is 0 Å². The highest BCUT2D eigenvalue weighted by atomic mass is 16.5. The van der Waals surface area contributed by atoms with E-state index in [4.69, 9.17) is 9.47 Å². The van der Waals surface area contributed by atoms with E-state index >= 15 is 0 Å². The van der Waals surface area contributed by atoms with Crippen molar-refractivity contribution in [3.8, 4) is 11.5 Å². The first-order valence-electron chi connectivity index (χ1n) is 9.41. The minimum atomic E-state index is -0.0895. The Morgan fingerprint density at radius 3 is 2.52 bits per heavy atom. The minimum absolute atomic E-state index is 0.0895. The lowest BCUT2D eigenvalue weighted by molar-refractivity contribution is 0.0922. The van der Waals surface area contributed by atoms with Crippen LogP contribution in [0.25, 0.3) is 0 Å². The standard InChI is InChI=1S/C21H27N3O3/c1-26-19-11-8-15(12-20(19)27-2)13-22-17-9-10-18(23-14-17)21(25)24-16-6-4-3-5-7-16/h8-12,14,16,22H,3-7,13H2,1-2H3,(H,24,25). The molecule has 3 rings (SSSR count). The number of ether oxygens (including phenoxy) is 2. The monoisotopic (exact) mass is 369 g/mol. The Morgan fingerprint density at radius 1 is 1.07 bits per heavy atom. The third-order valence-corrected chi connectivity index (χ3v) is 4.88. The van der Waals surface area contributed by atoms with Gasteiger partial charge in [0.15, 0.2) is 11.5 Å². The molecule has 0 aliphatic heterocycles. The number of carbonyl (C=O) groups is 1. The van der Waals surface area contributed by atoms with E-state index in [-0.39, 0.29) is 11.9 Å². The fourth-order valence-corrected chi connectivity index (χ4v) is 3.33. The number of pyridine rings is 1. The van der Waals surface area contributed by atoms with E-state index in [1.165, 1.54) is 19.3 Å². The fourth-order valence-electron chi connectivity index (χ4n) is 3.33. The zero-order valence-corrected chi connectivity index (χ0v) is 16.0. The van der Waals surface area contributed by atoms with E-state index < -0.39 is 0 Å². The lowest BCUT2D eigenvalue weighted by Crippen LogP contribution is -2.36. The van der Waals surface area contributed by atoms with Crippen LogP contribution in [0.2, 0.25) is 0 Å². The van der Waals surface area contributed by atoms with Gasteiger partial charge in [0, 0.05) is 12.6 Å². The molecule has 1 saturated carbocycles. The molecular weight excluding hydrogens is 342 g/mol. The molecule has 6 nitrogen and oxygen atoms in total. The average molecular weight is 369 g/mol. The molecule has 2 N–H and O–H groups in total. The molecule has 0 bridgehead atoms. The van der Waals surface area contributed by atoms with Gasteiger partial charge in [0.1, 0.15) is 5.69 Å². The maximum Gasteiger partial charge on any atom is 0.270 e. The Kier molecular flexibility index (Phi) is 6.52. The quantitative estimate of drug-likeness (QED) is 0.777. The summed E-state index contributed by atoms with van der Waals surface area (Å²) in [4.78, 5) is 16.6. The number of rotatable bonds is 7. The van der Waals surface area contributed by atoms with Gasteiger partial charge in [-0.15, -0.1) is 0 Å². The third-order valence-electron chi connectivity index (χ3n) is 4.88. The number of carbonyl (C=O) groups excluding carboxylic acids is 1. The van der Waals surface area contributed by atoms with Gasteiger partial charge in [0.25, 0.3) is 5.91 Å². The summed E-state index contributed by atoms with van der Waals surface area (Å²) in [5.74, 6) is 1.31. The van der Waals surface area contributed by atoms with Crippen LogP contribution in [-0.2, 0) is 6.54 Å². The largest absolute Gasteiger partial charge is 0.493 e. The van der Waals surface area contributed by atoms with Gasteiger partial charge in [0.05, 0.1) is 26.1 Å². The van der Waals surface area contributed by atoms with Gasteiger partial charge in [-0.3, -0.25) is 4.79 Å². The van der Waals surface area contributed by atoms with Gasteiger partial charge in [-0.1, -0.05) is 25.3 Å². The molecule has 0 spiro atoms. The number of methoxy groups -OCH3 is 2. The van der Waals surface area contributed by atoms with Gasteiger partial charge < -0.3 is 20.1 Å². The SMILES string of the molecule is COc1ccc(CNc2ccc(C(=O)NC3CCCCC3)nc2)cc1OC. The van der Waals surface area contributed by atoms with Crippen LogP contribution in [0.5, 0.6) is 11.5 Å². The molecule has 1 aliphatic carbocycles. The Hall–Kier alpha value is -2.76. The van der Waals surface area contributed by atoms with Crippen molar-refractivity contribution in [2.24, 2.45) is 0 Å². The summed E-state index contributed by atoms with van der Waals surface area (Å²) in [6, 6.07) is 9.72. The van der Waals surface area contributed by atoms with E-state index in [2.05, 4.69) is 15.6 Å². The van der Waals surface area contributed by atoms with Crippen LogP contribution < -0.4 is 20.1 Å². The van der Waals surface area contributed by atoms with Crippen molar-refractivity contribution < 1.29 is 14.3 Å². The Balaban J connectivity index is 1.55. The molecule has 1 aromatic carbocycles. The van der Waals surface area contributed by atoms with Crippen LogP contribution in [0.1, 0.15) is 48.2 Å². The molecule has 0 saturated heterocycles. The molecule has 1 aliphatic rings. The van der Waals surface area contributed by atoms with E-state index in [9.17, 15) is 4.79 Å². The zero-order chi connectivity index (χ0) is 19.1. The average Bonchev–Trinajstić information content (AvgIpc) is 2.73. The van der Waals surface area contributed by atoms with Crippen molar-refractivity contribution in [3.05, 3.63) is 47.8 Å². The molecule has 144 valence electrons. The van der Waals surface area contributed by atoms with E-state index in [0.717, 1.165) is 24.1 Å². The number of hydrogen-bond donors (Lipinski definition) is 2. The Labute approximate surface area is 160 Å². The van der Waals surface area contributed by atoms with Crippen LogP contribution in [0.4, 0.5) is 5.69 Å². The summed E-state index contributed by atoms with van der Waals surface area (Å²) >= 11 is 0. The van der Waals surface area contributed by atoms with E-state index in [1.807, 2.05) is 24.3 Å². The Morgan fingerprint density at radius 2 is 1.85 bits per heavy atom. The summed E-state index contributed by atoms with van der Waals surface area (Å²) in [5, 5.41) is 6.40. The predicted octanol–water partition coefficient (Wildman–Crippen LogP) is 3.77. The molecule has 1 amide bonds. The summed E-state index contributed by atoms with van der Waals surface area (Å²) in [6.07, 6.45) is 7.48. The van der Waals surface area contributed by atoms with E-state index in [0.29, 0.717) is 23.7 Å². The molecule has 0 unspecified atom stereocenters. The first-order valence-corrected chi connectivity index (χ1v) is 9.41. The van der Waals surface area contributed by atoms with Gasteiger partial charge in [-0.25, -0.2) is 4.98 Å². The molecule has 1 heterocycles. The number of anilines is 1. The smallest absolute Gasteiger partial charge is 0.270 e. The first kappa shape index (κ1) is 19.0. The van der Waals surface area contributed by atoms with Gasteiger partial charge in [0.2, 0.25) is 0 Å². The zero-order valence-electron chi connectivity index (χ0n) is 16.0. The summed E-state index contributed by atoms with van der Waals surface area (Å²) in [7, 11) is 3.24. The summed E-state index contributed by atoms with van der Waals surface area (Å²) in [6.45, 7) is 0.621. The first-order chi connectivity index (χ1) is 13.2. The highest BCUT2D eigenvalue weighted by molar-refractivity contribution is 5.92. The van der Waals surface area contributed by atoms with Gasteiger partial charge >= 0.3 is 0 Å². The van der Waals surface area contributed by atoms with Crippen LogP contribution >= 0.6 is 0 Å². The molecular formula is C21H27N3O3. The molecule has 2 aromatic rings. The predicted molar refractivity (Wildman–Crippen MR) is 105 cm³/mol. The summed E-state index contributed by atoms with van der Waals surface area (Å²) in [5.41, 5.74) is 2.38. The molecule has 0 radical (unpaired) electrons. The van der Waals surface area contributed by atoms with Gasteiger partial charge in [-0.05, 0) is 42.7 Å². The fraction of sp³-hybridized carbons (Fsp3) is 0.429. The number of nitrogens with zero attached hydrogens (tertiary/aromatic N) is 1. The normalized spacial score (nSPS) is 14.4. The van der Waals surface area contributed by atoms with Crippen LogP contribution in [0.15, 0.2) is 36.5 Å². The molecule has 1 aromatic heterocycles. The number of hydrogen-bond acceptors (Lipinski definition) is 5. The van der Waals surface area contributed by atoms with Crippen molar-refractivity contribution in [2.45, 2.75) is 44.7 Å². The molecule has 0 atom stereocenters. The molecule has 27 heavy (non-hydrogen) atoms. The highest BCUT2D eigenvalue weighted by Gasteiger charge is 2.17. The van der Waals surface area contributed by atoms with Crippen molar-refractivity contribution in [2.75, 3.05) is 19.5 Å². The molecule has 1 fully saturated rings. The van der Waals surface area contributed by atoms with Crippen LogP contribution in [-0.4, -0.2) is 31.2 Å². The number of aromatic nitrogens is 1. The number of benzene rings is 1. The minimum Gasteiger partial charge on any atom is -0.493 e. The second kappa shape index (κ2) is 9.26. The maximum absolute atomic E-state index is 12.3. The topological polar surface area (TPSA) is 72.5 Å². The lowest BCUT2D eigenvalue weighted by atomic mass is 9.95. The Bertz CT molecular complexity index is 756. The van der Waals surface area contributed by atoms with Crippen molar-refractivity contribution >= 4 is 11.6 Å². The van der Waals surface area contributed by atoms with Gasteiger partial charge in [-0.2, -0.15) is 0 Å². The van der Waals surface area contributed by atoms with Crippen molar-refractivity contribution in [1.82, 2.24) is 10.3 Å². The second-order valence-electron chi connectivity index (χ2n) is 6.78. The van der Waals surface area contributed by atoms with Crippen LogP contribution in [0.3, 0.4) is 0 Å². The van der Waals surface area contributed by atoms with Crippen molar-refractivity contribution in [1.29, 1.82) is 0 Å². The number of nitrogens with one attached hydrogen (secondary N) is 2. The maximum atomic E-state index is 12.3. The highest BCUT2D eigenvalue weighted by Crippen LogP contribution is 2.27. The van der Waals surface area contributed by atoms with Crippen molar-refractivity contribution in [3.63, 3.8) is 0 Å². The molecule has 6 heteroatoms. The second-order valence-corrected chi connectivity index (χ2v) is 6.78.